The molecule has 0 radical (unpaired) electrons. The SMILES string of the molecule is O=C(Nc1cccc(Cl)c1)N1CCN(c2ccc(-c3cccc4ccccc34)nn2)CC1. The van der Waals surface area contributed by atoms with Gasteiger partial charge in [0, 0.05) is 42.5 Å². The Morgan fingerprint density at radius 2 is 1.62 bits per heavy atom. The highest BCUT2D eigenvalue weighted by Crippen LogP contribution is 2.27. The van der Waals surface area contributed by atoms with Gasteiger partial charge in [0.05, 0.1) is 5.69 Å². The van der Waals surface area contributed by atoms with Crippen LogP contribution in [0, 0.1) is 0 Å². The van der Waals surface area contributed by atoms with Crippen molar-refractivity contribution < 1.29 is 4.79 Å². The molecule has 1 aromatic heterocycles. The lowest BCUT2D eigenvalue weighted by molar-refractivity contribution is 0.208. The van der Waals surface area contributed by atoms with E-state index in [0.29, 0.717) is 36.9 Å². The molecular weight excluding hydrogens is 422 g/mol. The van der Waals surface area contributed by atoms with Crippen LogP contribution in [-0.4, -0.2) is 47.3 Å². The number of anilines is 2. The smallest absolute Gasteiger partial charge is 0.321 e. The molecule has 1 N–H and O–H groups in total. The maximum absolute atomic E-state index is 12.6. The lowest BCUT2D eigenvalue weighted by atomic mass is 10.0. The van der Waals surface area contributed by atoms with Gasteiger partial charge in [0.1, 0.15) is 0 Å². The van der Waals surface area contributed by atoms with Gasteiger partial charge in [-0.25, -0.2) is 4.79 Å². The molecule has 0 unspecified atom stereocenters. The van der Waals surface area contributed by atoms with Crippen LogP contribution in [0.15, 0.2) is 78.9 Å². The van der Waals surface area contributed by atoms with Crippen molar-refractivity contribution in [2.75, 3.05) is 36.4 Å². The highest BCUT2D eigenvalue weighted by atomic mass is 35.5. The van der Waals surface area contributed by atoms with E-state index in [0.717, 1.165) is 22.5 Å². The van der Waals surface area contributed by atoms with Crippen LogP contribution in [0.2, 0.25) is 5.02 Å². The molecule has 1 aliphatic heterocycles. The van der Waals surface area contributed by atoms with Crippen LogP contribution in [0.5, 0.6) is 0 Å². The first kappa shape index (κ1) is 20.3. The summed E-state index contributed by atoms with van der Waals surface area (Å²) in [5, 5.41) is 14.8. The van der Waals surface area contributed by atoms with Gasteiger partial charge in [-0.1, -0.05) is 60.1 Å². The molecule has 0 atom stereocenters. The van der Waals surface area contributed by atoms with Crippen LogP contribution in [0.25, 0.3) is 22.0 Å². The molecular formula is C25H22ClN5O. The maximum atomic E-state index is 12.6. The number of piperazine rings is 1. The molecule has 0 aliphatic carbocycles. The van der Waals surface area contributed by atoms with Crippen LogP contribution in [0.1, 0.15) is 0 Å². The van der Waals surface area contributed by atoms with E-state index in [1.54, 1.807) is 17.0 Å². The number of nitrogens with zero attached hydrogens (tertiary/aromatic N) is 4. The van der Waals surface area contributed by atoms with Crippen molar-refractivity contribution in [2.24, 2.45) is 0 Å². The largest absolute Gasteiger partial charge is 0.352 e. The Bertz CT molecular complexity index is 1250. The number of aromatic nitrogens is 2. The Morgan fingerprint density at radius 1 is 0.844 bits per heavy atom. The van der Waals surface area contributed by atoms with E-state index < -0.39 is 0 Å². The molecule has 6 nitrogen and oxygen atoms in total. The fraction of sp³-hybridized carbons (Fsp3) is 0.160. The van der Waals surface area contributed by atoms with Gasteiger partial charge in [0.25, 0.3) is 0 Å². The van der Waals surface area contributed by atoms with E-state index in [4.69, 9.17) is 11.6 Å². The number of fused-ring (bicyclic) bond motifs is 1. The number of carbonyl (C=O) groups is 1. The first-order valence-electron chi connectivity index (χ1n) is 10.6. The van der Waals surface area contributed by atoms with E-state index in [1.165, 1.54) is 5.39 Å². The lowest BCUT2D eigenvalue weighted by Gasteiger charge is -2.35. The van der Waals surface area contributed by atoms with Crippen LogP contribution < -0.4 is 10.2 Å². The number of halogens is 1. The number of amides is 2. The van der Waals surface area contributed by atoms with Crippen molar-refractivity contribution >= 4 is 39.9 Å². The van der Waals surface area contributed by atoms with Crippen molar-refractivity contribution in [1.82, 2.24) is 15.1 Å². The lowest BCUT2D eigenvalue weighted by Crippen LogP contribution is -2.50. The summed E-state index contributed by atoms with van der Waals surface area (Å²) >= 11 is 6.00. The monoisotopic (exact) mass is 443 g/mol. The van der Waals surface area contributed by atoms with Gasteiger partial charge in [-0.05, 0) is 41.1 Å². The molecule has 5 rings (SSSR count). The Balaban J connectivity index is 1.24. The average Bonchev–Trinajstić information content (AvgIpc) is 2.84. The first-order valence-corrected chi connectivity index (χ1v) is 10.9. The molecule has 2 heterocycles. The van der Waals surface area contributed by atoms with Crippen LogP contribution >= 0.6 is 11.6 Å². The number of nitrogens with one attached hydrogen (secondary N) is 1. The summed E-state index contributed by atoms with van der Waals surface area (Å²) in [5.41, 5.74) is 2.62. The zero-order valence-electron chi connectivity index (χ0n) is 17.4. The Kier molecular flexibility index (Phi) is 5.60. The quantitative estimate of drug-likeness (QED) is 0.466. The molecule has 1 saturated heterocycles. The molecule has 0 saturated carbocycles. The minimum Gasteiger partial charge on any atom is -0.352 e. The van der Waals surface area contributed by atoms with Gasteiger partial charge in [-0.3, -0.25) is 0 Å². The summed E-state index contributed by atoms with van der Waals surface area (Å²) in [7, 11) is 0. The highest BCUT2D eigenvalue weighted by Gasteiger charge is 2.22. The van der Waals surface area contributed by atoms with Gasteiger partial charge < -0.3 is 15.1 Å². The summed E-state index contributed by atoms with van der Waals surface area (Å²) in [6, 6.07) is 25.6. The second-order valence-corrected chi connectivity index (χ2v) is 8.15. The molecule has 2 amide bonds. The van der Waals surface area contributed by atoms with E-state index in [1.807, 2.05) is 42.5 Å². The maximum Gasteiger partial charge on any atom is 0.321 e. The highest BCUT2D eigenvalue weighted by molar-refractivity contribution is 6.30. The number of rotatable bonds is 3. The van der Waals surface area contributed by atoms with Gasteiger partial charge in [-0.2, -0.15) is 0 Å². The van der Waals surface area contributed by atoms with Crippen molar-refractivity contribution in [3.05, 3.63) is 83.9 Å². The number of hydrogen-bond donors (Lipinski definition) is 1. The predicted molar refractivity (Wildman–Crippen MR) is 129 cm³/mol. The molecule has 1 aliphatic rings. The standard InChI is InChI=1S/C25H22ClN5O/c26-19-7-4-8-20(17-19)27-25(32)31-15-13-30(14-16-31)24-12-11-23(28-29-24)22-10-3-6-18-5-1-2-9-21(18)22/h1-12,17H,13-16H2,(H,27,32). The Morgan fingerprint density at radius 3 is 2.41 bits per heavy atom. The topological polar surface area (TPSA) is 61.4 Å². The van der Waals surface area contributed by atoms with E-state index in [-0.39, 0.29) is 6.03 Å². The molecule has 4 aromatic rings. The van der Waals surface area contributed by atoms with Crippen molar-refractivity contribution in [3.63, 3.8) is 0 Å². The second-order valence-electron chi connectivity index (χ2n) is 7.72. The van der Waals surface area contributed by atoms with E-state index in [2.05, 4.69) is 44.7 Å². The first-order chi connectivity index (χ1) is 15.7. The Labute approximate surface area is 191 Å². The number of carbonyl (C=O) groups excluding carboxylic acids is 1. The third-order valence-electron chi connectivity index (χ3n) is 5.68. The van der Waals surface area contributed by atoms with Crippen LogP contribution in [-0.2, 0) is 0 Å². The van der Waals surface area contributed by atoms with Gasteiger partial charge in [0.2, 0.25) is 0 Å². The summed E-state index contributed by atoms with van der Waals surface area (Å²) in [5.74, 6) is 0.823. The van der Waals surface area contributed by atoms with Crippen LogP contribution in [0.4, 0.5) is 16.3 Å². The summed E-state index contributed by atoms with van der Waals surface area (Å²) in [6.07, 6.45) is 0. The van der Waals surface area contributed by atoms with Gasteiger partial charge >= 0.3 is 6.03 Å². The van der Waals surface area contributed by atoms with E-state index >= 15 is 0 Å². The van der Waals surface area contributed by atoms with Gasteiger partial charge in [-0.15, -0.1) is 10.2 Å². The number of urea groups is 1. The molecule has 160 valence electrons. The summed E-state index contributed by atoms with van der Waals surface area (Å²) in [6.45, 7) is 2.62. The number of hydrogen-bond acceptors (Lipinski definition) is 4. The molecule has 7 heteroatoms. The van der Waals surface area contributed by atoms with Gasteiger partial charge in [0.15, 0.2) is 5.82 Å². The fourth-order valence-corrected chi connectivity index (χ4v) is 4.18. The van der Waals surface area contributed by atoms with Crippen LogP contribution in [0.3, 0.4) is 0 Å². The predicted octanol–water partition coefficient (Wildman–Crippen LogP) is 5.30. The summed E-state index contributed by atoms with van der Waals surface area (Å²) in [4.78, 5) is 16.5. The summed E-state index contributed by atoms with van der Waals surface area (Å²) < 4.78 is 0. The molecule has 0 spiro atoms. The second kappa shape index (κ2) is 8.85. The molecule has 32 heavy (non-hydrogen) atoms. The minimum absolute atomic E-state index is 0.121. The fourth-order valence-electron chi connectivity index (χ4n) is 3.99. The molecule has 1 fully saturated rings. The van der Waals surface area contributed by atoms with E-state index in [9.17, 15) is 4.79 Å². The van der Waals surface area contributed by atoms with Crippen molar-refractivity contribution in [1.29, 1.82) is 0 Å². The Hall–Kier alpha value is -3.64. The van der Waals surface area contributed by atoms with Crippen molar-refractivity contribution in [3.8, 4) is 11.3 Å². The molecule has 0 bridgehead atoms. The third kappa shape index (κ3) is 4.22. The van der Waals surface area contributed by atoms with Crippen molar-refractivity contribution in [2.45, 2.75) is 0 Å². The number of benzene rings is 3. The average molecular weight is 444 g/mol. The third-order valence-corrected chi connectivity index (χ3v) is 5.92. The zero-order chi connectivity index (χ0) is 21.9. The normalized spacial score (nSPS) is 13.9. The minimum atomic E-state index is -0.121. The molecule has 3 aromatic carbocycles. The zero-order valence-corrected chi connectivity index (χ0v) is 18.2.